The molecule has 1 aromatic carbocycles. The van der Waals surface area contributed by atoms with Gasteiger partial charge in [-0.25, -0.2) is 8.42 Å². The predicted molar refractivity (Wildman–Crippen MR) is 82.5 cm³/mol. The third kappa shape index (κ3) is 3.35. The minimum absolute atomic E-state index is 0.0289. The van der Waals surface area contributed by atoms with Crippen molar-refractivity contribution in [3.63, 3.8) is 0 Å². The summed E-state index contributed by atoms with van der Waals surface area (Å²) in [5, 5.41) is 0.553. The molecule has 20 heavy (non-hydrogen) atoms. The van der Waals surface area contributed by atoms with E-state index in [1.54, 1.807) is 28.6 Å². The molecule has 1 aliphatic rings. The molecule has 2 rings (SSSR count). The Hall–Kier alpha value is -0.580. The molecule has 0 atom stereocenters. The fraction of sp³-hybridized carbons (Fsp3) is 0.600. The van der Waals surface area contributed by atoms with Crippen LogP contribution in [0, 0.1) is 0 Å². The fourth-order valence-electron chi connectivity index (χ4n) is 2.96. The first-order valence-electron chi connectivity index (χ1n) is 7.22. The maximum atomic E-state index is 12.9. The standard InChI is InChI=1S/C15H22ClNO2S/c1-12(2)17(14-6-4-3-5-7-14)20(18,19)15-10-8-13(16)9-11-15/h8-12,14H,3-7H2,1-2H3. The normalized spacial score (nSPS) is 17.9. The number of rotatable bonds is 4. The van der Waals surface area contributed by atoms with Crippen molar-refractivity contribution >= 4 is 21.6 Å². The van der Waals surface area contributed by atoms with Crippen molar-refractivity contribution in [1.82, 2.24) is 4.31 Å². The van der Waals surface area contributed by atoms with Gasteiger partial charge >= 0.3 is 0 Å². The summed E-state index contributed by atoms with van der Waals surface area (Å²) >= 11 is 5.84. The Bertz CT molecular complexity index is 533. The number of benzene rings is 1. The van der Waals surface area contributed by atoms with Crippen LogP contribution in [0.3, 0.4) is 0 Å². The summed E-state index contributed by atoms with van der Waals surface area (Å²) < 4.78 is 27.4. The lowest BCUT2D eigenvalue weighted by atomic mass is 9.95. The van der Waals surface area contributed by atoms with E-state index in [1.165, 1.54) is 6.42 Å². The quantitative estimate of drug-likeness (QED) is 0.840. The zero-order valence-electron chi connectivity index (χ0n) is 12.0. The Balaban J connectivity index is 2.34. The van der Waals surface area contributed by atoms with Gasteiger partial charge in [0.05, 0.1) is 4.90 Å². The van der Waals surface area contributed by atoms with Gasteiger partial charge < -0.3 is 0 Å². The van der Waals surface area contributed by atoms with Crippen molar-refractivity contribution in [3.8, 4) is 0 Å². The number of halogens is 1. The molecular weight excluding hydrogens is 294 g/mol. The molecule has 0 saturated heterocycles. The molecule has 0 radical (unpaired) electrons. The van der Waals surface area contributed by atoms with Crippen molar-refractivity contribution in [2.24, 2.45) is 0 Å². The molecule has 0 N–H and O–H groups in total. The van der Waals surface area contributed by atoms with Gasteiger partial charge in [0.1, 0.15) is 0 Å². The van der Waals surface area contributed by atoms with E-state index in [2.05, 4.69) is 0 Å². The zero-order valence-corrected chi connectivity index (χ0v) is 13.6. The minimum atomic E-state index is -3.44. The first-order valence-corrected chi connectivity index (χ1v) is 9.04. The Morgan fingerprint density at radius 3 is 2.15 bits per heavy atom. The fourth-order valence-corrected chi connectivity index (χ4v) is 4.97. The molecule has 0 amide bonds. The second-order valence-corrected chi connectivity index (χ2v) is 7.95. The van der Waals surface area contributed by atoms with Crippen molar-refractivity contribution in [2.45, 2.75) is 62.9 Å². The van der Waals surface area contributed by atoms with Crippen molar-refractivity contribution < 1.29 is 8.42 Å². The Kier molecular flexibility index (Phi) is 5.10. The summed E-state index contributed by atoms with van der Waals surface area (Å²) in [5.41, 5.74) is 0. The molecule has 0 aliphatic heterocycles. The van der Waals surface area contributed by atoms with E-state index in [9.17, 15) is 8.42 Å². The largest absolute Gasteiger partial charge is 0.243 e. The van der Waals surface area contributed by atoms with Crippen LogP contribution in [-0.4, -0.2) is 24.8 Å². The molecule has 3 nitrogen and oxygen atoms in total. The summed E-state index contributed by atoms with van der Waals surface area (Å²) in [6.07, 6.45) is 5.37. The van der Waals surface area contributed by atoms with Crippen LogP contribution >= 0.6 is 11.6 Å². The van der Waals surface area contributed by atoms with Crippen LogP contribution in [0.4, 0.5) is 0 Å². The molecule has 1 fully saturated rings. The summed E-state index contributed by atoms with van der Waals surface area (Å²) in [6.45, 7) is 3.89. The Labute approximate surface area is 127 Å². The summed E-state index contributed by atoms with van der Waals surface area (Å²) in [5.74, 6) is 0. The van der Waals surface area contributed by atoms with Crippen LogP contribution in [0.2, 0.25) is 5.02 Å². The van der Waals surface area contributed by atoms with Crippen LogP contribution in [0.1, 0.15) is 46.0 Å². The van der Waals surface area contributed by atoms with Gasteiger partial charge in [-0.3, -0.25) is 0 Å². The van der Waals surface area contributed by atoms with Gasteiger partial charge in [-0.1, -0.05) is 30.9 Å². The topological polar surface area (TPSA) is 37.4 Å². The number of hydrogen-bond acceptors (Lipinski definition) is 2. The number of sulfonamides is 1. The highest BCUT2D eigenvalue weighted by molar-refractivity contribution is 7.89. The van der Waals surface area contributed by atoms with E-state index in [0.29, 0.717) is 9.92 Å². The third-order valence-corrected chi connectivity index (χ3v) is 6.23. The van der Waals surface area contributed by atoms with Crippen LogP contribution in [0.5, 0.6) is 0 Å². The van der Waals surface area contributed by atoms with E-state index in [4.69, 9.17) is 11.6 Å². The van der Waals surface area contributed by atoms with Crippen LogP contribution in [-0.2, 0) is 10.0 Å². The summed E-state index contributed by atoms with van der Waals surface area (Å²) in [4.78, 5) is 0.334. The van der Waals surface area contributed by atoms with E-state index >= 15 is 0 Å². The van der Waals surface area contributed by atoms with E-state index in [1.807, 2.05) is 13.8 Å². The van der Waals surface area contributed by atoms with Crippen LogP contribution < -0.4 is 0 Å². The van der Waals surface area contributed by atoms with Crippen molar-refractivity contribution in [2.75, 3.05) is 0 Å². The average molecular weight is 316 g/mol. The van der Waals surface area contributed by atoms with E-state index in [-0.39, 0.29) is 12.1 Å². The number of hydrogen-bond donors (Lipinski definition) is 0. The number of nitrogens with zero attached hydrogens (tertiary/aromatic N) is 1. The first-order chi connectivity index (χ1) is 9.43. The second-order valence-electron chi connectivity index (χ2n) is 5.67. The minimum Gasteiger partial charge on any atom is -0.207 e. The molecule has 0 aromatic heterocycles. The highest BCUT2D eigenvalue weighted by atomic mass is 35.5. The first kappa shape index (κ1) is 15.8. The molecular formula is C15H22ClNO2S. The molecule has 1 aliphatic carbocycles. The molecule has 0 spiro atoms. The molecule has 1 aromatic rings. The van der Waals surface area contributed by atoms with Crippen LogP contribution in [0.15, 0.2) is 29.2 Å². The highest BCUT2D eigenvalue weighted by Gasteiger charge is 2.34. The monoisotopic (exact) mass is 315 g/mol. The molecule has 5 heteroatoms. The maximum absolute atomic E-state index is 12.9. The molecule has 0 unspecified atom stereocenters. The van der Waals surface area contributed by atoms with E-state index < -0.39 is 10.0 Å². The second kappa shape index (κ2) is 6.46. The molecule has 1 saturated carbocycles. The summed E-state index contributed by atoms with van der Waals surface area (Å²) in [7, 11) is -3.44. The molecule has 0 heterocycles. The zero-order chi connectivity index (χ0) is 14.8. The third-order valence-electron chi connectivity index (χ3n) is 3.83. The molecule has 112 valence electrons. The van der Waals surface area contributed by atoms with Gasteiger partial charge in [-0.2, -0.15) is 4.31 Å². The van der Waals surface area contributed by atoms with Gasteiger partial charge in [-0.15, -0.1) is 0 Å². The maximum Gasteiger partial charge on any atom is 0.243 e. The Morgan fingerprint density at radius 2 is 1.65 bits per heavy atom. The average Bonchev–Trinajstić information content (AvgIpc) is 2.39. The predicted octanol–water partition coefficient (Wildman–Crippen LogP) is 4.07. The SMILES string of the molecule is CC(C)N(C1CCCCC1)S(=O)(=O)c1ccc(Cl)cc1. The van der Waals surface area contributed by atoms with Crippen LogP contribution in [0.25, 0.3) is 0 Å². The smallest absolute Gasteiger partial charge is 0.207 e. The van der Waals surface area contributed by atoms with Gasteiger partial charge in [-0.05, 0) is 51.0 Å². The Morgan fingerprint density at radius 1 is 1.10 bits per heavy atom. The van der Waals surface area contributed by atoms with E-state index in [0.717, 1.165) is 25.7 Å². The van der Waals surface area contributed by atoms with Gasteiger partial charge in [0.2, 0.25) is 10.0 Å². The lowest BCUT2D eigenvalue weighted by Crippen LogP contribution is -2.45. The van der Waals surface area contributed by atoms with Gasteiger partial charge in [0, 0.05) is 17.1 Å². The van der Waals surface area contributed by atoms with Gasteiger partial charge in [0.15, 0.2) is 0 Å². The van der Waals surface area contributed by atoms with Crippen molar-refractivity contribution in [3.05, 3.63) is 29.3 Å². The lowest BCUT2D eigenvalue weighted by molar-refractivity contribution is 0.220. The van der Waals surface area contributed by atoms with Crippen molar-refractivity contribution in [1.29, 1.82) is 0 Å². The lowest BCUT2D eigenvalue weighted by Gasteiger charge is -2.36. The highest BCUT2D eigenvalue weighted by Crippen LogP contribution is 2.30. The summed E-state index contributed by atoms with van der Waals surface area (Å²) in [6, 6.07) is 6.55. The molecule has 0 bridgehead atoms. The van der Waals surface area contributed by atoms with Gasteiger partial charge in [0.25, 0.3) is 0 Å².